The molecule has 2 N–H and O–H groups in total. The number of para-hydroxylation sites is 1. The minimum absolute atomic E-state index is 0.0546. The second-order valence-electron chi connectivity index (χ2n) is 5.99. The molecule has 144 valence electrons. The van der Waals surface area contributed by atoms with Crippen LogP contribution in [0.5, 0.6) is 0 Å². The molecule has 0 radical (unpaired) electrons. The molecule has 2 aromatic heterocycles. The third-order valence-electron chi connectivity index (χ3n) is 3.40. The summed E-state index contributed by atoms with van der Waals surface area (Å²) >= 11 is 1.37. The molecule has 0 saturated carbocycles. The number of esters is 1. The van der Waals surface area contributed by atoms with Crippen LogP contribution in [0.1, 0.15) is 24.3 Å². The van der Waals surface area contributed by atoms with E-state index in [4.69, 9.17) is 4.74 Å². The number of benzene rings is 1. The zero-order chi connectivity index (χ0) is 20.1. The van der Waals surface area contributed by atoms with Crippen LogP contribution < -0.4 is 10.6 Å². The van der Waals surface area contributed by atoms with Gasteiger partial charge < -0.3 is 10.1 Å². The highest BCUT2D eigenvalue weighted by atomic mass is 32.1. The molecule has 0 unspecified atom stereocenters. The number of carbonyl (C=O) groups is 3. The largest absolute Gasteiger partial charge is 0.451 e. The predicted molar refractivity (Wildman–Crippen MR) is 103 cm³/mol. The number of nitrogens with one attached hydrogen (secondary N) is 2. The lowest BCUT2D eigenvalue weighted by atomic mass is 10.3. The summed E-state index contributed by atoms with van der Waals surface area (Å²) in [5.41, 5.74) is 0.996. The number of nitrogens with zero attached hydrogens (tertiary/aromatic N) is 3. The Morgan fingerprint density at radius 2 is 1.89 bits per heavy atom. The number of aromatic nitrogens is 3. The van der Waals surface area contributed by atoms with Crippen LogP contribution in [0, 0.1) is 0 Å². The van der Waals surface area contributed by atoms with Gasteiger partial charge in [-0.1, -0.05) is 12.1 Å². The predicted octanol–water partition coefficient (Wildman–Crippen LogP) is 2.14. The topological polar surface area (TPSA) is 123 Å². The van der Waals surface area contributed by atoms with Gasteiger partial charge in [-0.3, -0.25) is 10.1 Å². The first-order chi connectivity index (χ1) is 13.4. The fourth-order valence-corrected chi connectivity index (χ4v) is 3.24. The molecule has 0 aliphatic heterocycles. The van der Waals surface area contributed by atoms with Gasteiger partial charge in [0.2, 0.25) is 0 Å². The number of urea groups is 1. The summed E-state index contributed by atoms with van der Waals surface area (Å²) in [5.74, 6) is -1.58. The second kappa shape index (κ2) is 8.53. The lowest BCUT2D eigenvalue weighted by molar-refractivity contribution is -0.123. The lowest BCUT2D eigenvalue weighted by Crippen LogP contribution is -2.44. The first-order valence-electron chi connectivity index (χ1n) is 8.38. The zero-order valence-corrected chi connectivity index (χ0v) is 15.9. The van der Waals surface area contributed by atoms with Gasteiger partial charge in [0.05, 0.1) is 10.2 Å². The normalized spacial score (nSPS) is 10.7. The monoisotopic (exact) mass is 399 g/mol. The summed E-state index contributed by atoms with van der Waals surface area (Å²) in [7, 11) is 0. The van der Waals surface area contributed by atoms with Crippen molar-refractivity contribution in [2.45, 2.75) is 19.9 Å². The van der Waals surface area contributed by atoms with Gasteiger partial charge in [-0.25, -0.2) is 24.5 Å². The standard InChI is InChI=1S/C18H17N5O4S/c1-10(2)21-18(26)23-13(24)9-27-17(25)15-14(19-7-8-20-15)16-22-11-5-3-4-6-12(11)28-16/h3-8,10H,9H2,1-2H3,(H2,21,23,24,26). The Kier molecular flexibility index (Phi) is 5.90. The Bertz CT molecular complexity index is 1000. The van der Waals surface area contributed by atoms with Crippen LogP contribution in [0.25, 0.3) is 20.9 Å². The molecule has 3 aromatic rings. The number of ether oxygens (including phenoxy) is 1. The number of imide groups is 1. The van der Waals surface area contributed by atoms with Gasteiger partial charge in [0.1, 0.15) is 10.7 Å². The third-order valence-corrected chi connectivity index (χ3v) is 4.44. The number of fused-ring (bicyclic) bond motifs is 1. The summed E-state index contributed by atoms with van der Waals surface area (Å²) < 4.78 is 5.92. The van der Waals surface area contributed by atoms with Gasteiger partial charge in [-0.2, -0.15) is 0 Å². The van der Waals surface area contributed by atoms with Crippen molar-refractivity contribution in [1.82, 2.24) is 25.6 Å². The van der Waals surface area contributed by atoms with E-state index in [2.05, 4.69) is 25.6 Å². The van der Waals surface area contributed by atoms with Gasteiger partial charge >= 0.3 is 12.0 Å². The fraction of sp³-hybridized carbons (Fsp3) is 0.222. The minimum atomic E-state index is -0.832. The van der Waals surface area contributed by atoms with Gasteiger partial charge in [0.15, 0.2) is 12.3 Å². The van der Waals surface area contributed by atoms with Crippen molar-refractivity contribution in [3.05, 3.63) is 42.4 Å². The highest BCUT2D eigenvalue weighted by Crippen LogP contribution is 2.30. The van der Waals surface area contributed by atoms with E-state index in [-0.39, 0.29) is 17.4 Å². The highest BCUT2D eigenvalue weighted by molar-refractivity contribution is 7.21. The number of hydrogen-bond donors (Lipinski definition) is 2. The first kappa shape index (κ1) is 19.4. The molecule has 1 aromatic carbocycles. The number of hydrogen-bond acceptors (Lipinski definition) is 8. The Balaban J connectivity index is 1.71. The van der Waals surface area contributed by atoms with Crippen LogP contribution in [0.3, 0.4) is 0 Å². The second-order valence-corrected chi connectivity index (χ2v) is 7.02. The summed E-state index contributed by atoms with van der Waals surface area (Å²) in [4.78, 5) is 48.3. The Hall–Kier alpha value is -3.40. The molecule has 3 amide bonds. The van der Waals surface area contributed by atoms with Crippen LogP contribution >= 0.6 is 11.3 Å². The summed E-state index contributed by atoms with van der Waals surface area (Å²) in [6.07, 6.45) is 2.80. The molecule has 2 heterocycles. The van der Waals surface area contributed by atoms with Crippen molar-refractivity contribution in [2.24, 2.45) is 0 Å². The molecule has 0 saturated heterocycles. The van der Waals surface area contributed by atoms with E-state index in [0.717, 1.165) is 10.2 Å². The smallest absolute Gasteiger partial charge is 0.359 e. The van der Waals surface area contributed by atoms with E-state index in [1.165, 1.54) is 23.7 Å². The van der Waals surface area contributed by atoms with Crippen molar-refractivity contribution < 1.29 is 19.1 Å². The third kappa shape index (κ3) is 4.65. The molecular formula is C18H17N5O4S. The van der Waals surface area contributed by atoms with Crippen LogP contribution in [-0.4, -0.2) is 45.5 Å². The molecule has 0 aliphatic rings. The van der Waals surface area contributed by atoms with Crippen LogP contribution in [0.4, 0.5) is 4.79 Å². The minimum Gasteiger partial charge on any atom is -0.451 e. The van der Waals surface area contributed by atoms with E-state index in [9.17, 15) is 14.4 Å². The Labute approximate surface area is 164 Å². The molecule has 0 atom stereocenters. The molecule has 0 aliphatic carbocycles. The van der Waals surface area contributed by atoms with Crippen molar-refractivity contribution in [3.63, 3.8) is 0 Å². The molecule has 0 bridgehead atoms. The van der Waals surface area contributed by atoms with E-state index < -0.39 is 24.5 Å². The van der Waals surface area contributed by atoms with Crippen molar-refractivity contribution in [2.75, 3.05) is 6.61 Å². The summed E-state index contributed by atoms with van der Waals surface area (Å²) in [6.45, 7) is 2.88. The highest BCUT2D eigenvalue weighted by Gasteiger charge is 2.21. The fourth-order valence-electron chi connectivity index (χ4n) is 2.28. The number of amides is 3. The maximum atomic E-state index is 12.4. The van der Waals surface area contributed by atoms with E-state index >= 15 is 0 Å². The molecule has 28 heavy (non-hydrogen) atoms. The van der Waals surface area contributed by atoms with Gasteiger partial charge in [0, 0.05) is 18.4 Å². The summed E-state index contributed by atoms with van der Waals surface area (Å²) in [5, 5.41) is 5.08. The molecule has 10 heteroatoms. The molecule has 9 nitrogen and oxygen atoms in total. The first-order valence-corrected chi connectivity index (χ1v) is 9.20. The van der Waals surface area contributed by atoms with Gasteiger partial charge in [-0.05, 0) is 26.0 Å². The van der Waals surface area contributed by atoms with Crippen LogP contribution in [-0.2, 0) is 9.53 Å². The SMILES string of the molecule is CC(C)NC(=O)NC(=O)COC(=O)c1nccnc1-c1nc2ccccc2s1. The molecule has 0 spiro atoms. The van der Waals surface area contributed by atoms with E-state index in [0.29, 0.717) is 5.01 Å². The van der Waals surface area contributed by atoms with E-state index in [1.54, 1.807) is 13.8 Å². The summed E-state index contributed by atoms with van der Waals surface area (Å²) in [6, 6.07) is 6.74. The number of thiazole rings is 1. The number of rotatable bonds is 5. The lowest BCUT2D eigenvalue weighted by Gasteiger charge is -2.09. The Morgan fingerprint density at radius 3 is 2.64 bits per heavy atom. The number of carbonyl (C=O) groups excluding carboxylic acids is 3. The average molecular weight is 399 g/mol. The van der Waals surface area contributed by atoms with Crippen LogP contribution in [0.2, 0.25) is 0 Å². The van der Waals surface area contributed by atoms with E-state index in [1.807, 2.05) is 24.3 Å². The quantitative estimate of drug-likeness (QED) is 0.630. The maximum Gasteiger partial charge on any atom is 0.359 e. The van der Waals surface area contributed by atoms with Crippen molar-refractivity contribution in [3.8, 4) is 10.7 Å². The Morgan fingerprint density at radius 1 is 1.14 bits per heavy atom. The average Bonchev–Trinajstić information content (AvgIpc) is 3.09. The maximum absolute atomic E-state index is 12.4. The molecule has 3 rings (SSSR count). The van der Waals surface area contributed by atoms with Crippen molar-refractivity contribution >= 4 is 39.5 Å². The molecular weight excluding hydrogens is 382 g/mol. The molecule has 0 fully saturated rings. The van der Waals surface area contributed by atoms with Gasteiger partial charge in [0.25, 0.3) is 5.91 Å². The zero-order valence-electron chi connectivity index (χ0n) is 15.1. The van der Waals surface area contributed by atoms with Crippen LogP contribution in [0.15, 0.2) is 36.7 Å². The van der Waals surface area contributed by atoms with Gasteiger partial charge in [-0.15, -0.1) is 11.3 Å². The van der Waals surface area contributed by atoms with Crippen molar-refractivity contribution in [1.29, 1.82) is 0 Å².